The summed E-state index contributed by atoms with van der Waals surface area (Å²) in [6, 6.07) is 2.52. The molecule has 1 saturated heterocycles. The summed E-state index contributed by atoms with van der Waals surface area (Å²) in [6.45, 7) is 1.06. The lowest BCUT2D eigenvalue weighted by Crippen LogP contribution is -2.43. The molecule has 0 unspecified atom stereocenters. The minimum Gasteiger partial charge on any atom is -0.313 e. The molecular weight excluding hydrogens is 284 g/mol. The van der Waals surface area contributed by atoms with E-state index in [1.807, 2.05) is 0 Å². The van der Waals surface area contributed by atoms with Crippen LogP contribution in [0.15, 0.2) is 23.4 Å². The SMILES string of the molecule is O=[N+]([O-])c1cccnc1S(=O)(=O)NC[C@@H]1CCCCN1. The van der Waals surface area contributed by atoms with Gasteiger partial charge in [-0.05, 0) is 25.5 Å². The van der Waals surface area contributed by atoms with Crippen LogP contribution in [0, 0.1) is 10.1 Å². The van der Waals surface area contributed by atoms with Gasteiger partial charge in [0.25, 0.3) is 10.0 Å². The summed E-state index contributed by atoms with van der Waals surface area (Å²) < 4.78 is 26.6. The Labute approximate surface area is 116 Å². The summed E-state index contributed by atoms with van der Waals surface area (Å²) >= 11 is 0. The average Bonchev–Trinajstić information content (AvgIpc) is 2.46. The molecule has 1 atom stereocenters. The fourth-order valence-electron chi connectivity index (χ4n) is 2.11. The number of piperidine rings is 1. The van der Waals surface area contributed by atoms with E-state index in [9.17, 15) is 18.5 Å². The van der Waals surface area contributed by atoms with Crippen molar-refractivity contribution in [3.63, 3.8) is 0 Å². The Kier molecular flexibility index (Phi) is 4.63. The van der Waals surface area contributed by atoms with Crippen LogP contribution in [0.25, 0.3) is 0 Å². The molecule has 2 N–H and O–H groups in total. The van der Waals surface area contributed by atoms with E-state index in [0.29, 0.717) is 0 Å². The van der Waals surface area contributed by atoms with Gasteiger partial charge in [0.2, 0.25) is 5.03 Å². The summed E-state index contributed by atoms with van der Waals surface area (Å²) in [6.07, 6.45) is 4.23. The fraction of sp³-hybridized carbons (Fsp3) is 0.545. The molecule has 0 aromatic carbocycles. The third-order valence-electron chi connectivity index (χ3n) is 3.13. The molecule has 0 amide bonds. The molecule has 0 aliphatic carbocycles. The number of hydrogen-bond donors (Lipinski definition) is 2. The number of aromatic nitrogens is 1. The molecule has 0 saturated carbocycles. The number of nitro groups is 1. The summed E-state index contributed by atoms with van der Waals surface area (Å²) in [5, 5.41) is 13.5. The van der Waals surface area contributed by atoms with Gasteiger partial charge in [-0.2, -0.15) is 0 Å². The van der Waals surface area contributed by atoms with Crippen LogP contribution in [0.2, 0.25) is 0 Å². The average molecular weight is 300 g/mol. The molecule has 1 fully saturated rings. The number of pyridine rings is 1. The molecule has 2 heterocycles. The predicted octanol–water partition coefficient (Wildman–Crippen LogP) is 0.410. The maximum absolute atomic E-state index is 12.1. The van der Waals surface area contributed by atoms with Crippen molar-refractivity contribution in [2.45, 2.75) is 30.3 Å². The normalized spacial score (nSPS) is 19.7. The van der Waals surface area contributed by atoms with E-state index in [0.717, 1.165) is 31.9 Å². The summed E-state index contributed by atoms with van der Waals surface area (Å²) in [4.78, 5) is 13.7. The molecule has 8 nitrogen and oxygen atoms in total. The van der Waals surface area contributed by atoms with Gasteiger partial charge < -0.3 is 5.32 Å². The molecular formula is C11H16N4O4S. The van der Waals surface area contributed by atoms with E-state index >= 15 is 0 Å². The molecule has 2 rings (SSSR count). The van der Waals surface area contributed by atoms with Crippen molar-refractivity contribution in [2.75, 3.05) is 13.1 Å². The standard InChI is InChI=1S/C11H16N4O4S/c16-15(17)10-5-3-7-13-11(10)20(18,19)14-8-9-4-1-2-6-12-9/h3,5,7,9,12,14H,1-2,4,6,8H2/t9-/m0/s1. The van der Waals surface area contributed by atoms with Gasteiger partial charge in [-0.25, -0.2) is 18.1 Å². The summed E-state index contributed by atoms with van der Waals surface area (Å²) in [5.41, 5.74) is -0.517. The van der Waals surface area contributed by atoms with Gasteiger partial charge in [0.15, 0.2) is 0 Å². The minimum absolute atomic E-state index is 0.0568. The Morgan fingerprint density at radius 2 is 2.30 bits per heavy atom. The molecule has 0 radical (unpaired) electrons. The molecule has 1 aromatic rings. The fourth-order valence-corrected chi connectivity index (χ4v) is 3.28. The number of nitrogens with zero attached hydrogens (tertiary/aromatic N) is 2. The highest BCUT2D eigenvalue weighted by Gasteiger charge is 2.27. The topological polar surface area (TPSA) is 114 Å². The summed E-state index contributed by atoms with van der Waals surface area (Å²) in [7, 11) is -3.98. The Morgan fingerprint density at radius 1 is 1.50 bits per heavy atom. The van der Waals surface area contributed by atoms with Crippen molar-refractivity contribution in [3.8, 4) is 0 Å². The van der Waals surface area contributed by atoms with Crippen molar-refractivity contribution in [1.29, 1.82) is 0 Å². The lowest BCUT2D eigenvalue weighted by molar-refractivity contribution is -0.388. The van der Waals surface area contributed by atoms with Crippen LogP contribution in [0.3, 0.4) is 0 Å². The smallest absolute Gasteiger partial charge is 0.308 e. The van der Waals surface area contributed by atoms with Crippen LogP contribution >= 0.6 is 0 Å². The second kappa shape index (κ2) is 6.25. The van der Waals surface area contributed by atoms with Crippen molar-refractivity contribution in [2.24, 2.45) is 0 Å². The molecule has 0 spiro atoms. The van der Waals surface area contributed by atoms with Crippen LogP contribution < -0.4 is 10.0 Å². The first-order valence-electron chi connectivity index (χ1n) is 6.33. The summed E-state index contributed by atoms with van der Waals surface area (Å²) in [5.74, 6) is 0. The number of hydrogen-bond acceptors (Lipinski definition) is 6. The third kappa shape index (κ3) is 3.50. The van der Waals surface area contributed by atoms with E-state index in [1.54, 1.807) is 0 Å². The van der Waals surface area contributed by atoms with Gasteiger partial charge >= 0.3 is 5.69 Å². The maximum atomic E-state index is 12.1. The van der Waals surface area contributed by atoms with Crippen molar-refractivity contribution in [3.05, 3.63) is 28.4 Å². The van der Waals surface area contributed by atoms with Gasteiger partial charge in [-0.3, -0.25) is 10.1 Å². The largest absolute Gasteiger partial charge is 0.313 e. The van der Waals surface area contributed by atoms with E-state index < -0.39 is 25.7 Å². The lowest BCUT2D eigenvalue weighted by Gasteiger charge is -2.23. The zero-order valence-corrected chi connectivity index (χ0v) is 11.6. The van der Waals surface area contributed by atoms with Crippen LogP contribution in [-0.4, -0.2) is 37.5 Å². The second-order valence-corrected chi connectivity index (χ2v) is 6.27. The zero-order chi connectivity index (χ0) is 14.6. The number of nitrogens with one attached hydrogen (secondary N) is 2. The monoisotopic (exact) mass is 300 g/mol. The Balaban J connectivity index is 2.12. The van der Waals surface area contributed by atoms with Gasteiger partial charge in [0.1, 0.15) is 0 Å². The Morgan fingerprint density at radius 3 is 2.95 bits per heavy atom. The van der Waals surface area contributed by atoms with E-state index in [2.05, 4.69) is 15.0 Å². The van der Waals surface area contributed by atoms with Gasteiger partial charge in [0, 0.05) is 24.8 Å². The van der Waals surface area contributed by atoms with E-state index in [4.69, 9.17) is 0 Å². The first-order valence-corrected chi connectivity index (χ1v) is 7.81. The highest BCUT2D eigenvalue weighted by molar-refractivity contribution is 7.89. The first-order chi connectivity index (χ1) is 9.50. The van der Waals surface area contributed by atoms with Crippen LogP contribution in [0.5, 0.6) is 0 Å². The second-order valence-electron chi connectivity index (χ2n) is 4.58. The van der Waals surface area contributed by atoms with Crippen LogP contribution in [0.1, 0.15) is 19.3 Å². The molecule has 0 bridgehead atoms. The molecule has 1 aromatic heterocycles. The van der Waals surface area contributed by atoms with Gasteiger partial charge in [0.05, 0.1) is 4.92 Å². The van der Waals surface area contributed by atoms with Gasteiger partial charge in [-0.15, -0.1) is 0 Å². The molecule has 1 aliphatic rings. The molecule has 9 heteroatoms. The van der Waals surface area contributed by atoms with Crippen LogP contribution in [-0.2, 0) is 10.0 Å². The molecule has 1 aliphatic heterocycles. The van der Waals surface area contributed by atoms with Crippen molar-refractivity contribution < 1.29 is 13.3 Å². The highest BCUT2D eigenvalue weighted by atomic mass is 32.2. The number of sulfonamides is 1. The first kappa shape index (κ1) is 14.8. The Hall–Kier alpha value is -1.58. The van der Waals surface area contributed by atoms with Crippen molar-refractivity contribution >= 4 is 15.7 Å². The van der Waals surface area contributed by atoms with Crippen LogP contribution in [0.4, 0.5) is 5.69 Å². The molecule has 110 valence electrons. The maximum Gasteiger partial charge on any atom is 0.308 e. The van der Waals surface area contributed by atoms with Crippen molar-refractivity contribution in [1.82, 2.24) is 15.0 Å². The zero-order valence-electron chi connectivity index (χ0n) is 10.8. The highest BCUT2D eigenvalue weighted by Crippen LogP contribution is 2.20. The van der Waals surface area contributed by atoms with Gasteiger partial charge in [-0.1, -0.05) is 6.42 Å². The third-order valence-corrected chi connectivity index (χ3v) is 4.50. The lowest BCUT2D eigenvalue weighted by atomic mass is 10.1. The van der Waals surface area contributed by atoms with E-state index in [1.165, 1.54) is 12.3 Å². The quantitative estimate of drug-likeness (QED) is 0.601. The van der Waals surface area contributed by atoms with E-state index in [-0.39, 0.29) is 12.6 Å². The minimum atomic E-state index is -3.98. The number of rotatable bonds is 5. The Bertz CT molecular complexity index is 584. The predicted molar refractivity (Wildman–Crippen MR) is 71.7 cm³/mol. The molecule has 20 heavy (non-hydrogen) atoms.